The molecule has 1 saturated heterocycles. The molecule has 8 heteroatoms. The van der Waals surface area contributed by atoms with E-state index in [0.717, 1.165) is 37.1 Å². The van der Waals surface area contributed by atoms with Crippen molar-refractivity contribution in [1.82, 2.24) is 4.90 Å². The van der Waals surface area contributed by atoms with Crippen molar-refractivity contribution in [3.63, 3.8) is 0 Å². The Balaban J connectivity index is 1.44. The summed E-state index contributed by atoms with van der Waals surface area (Å²) in [6.45, 7) is 5.10. The number of nitrogens with zero attached hydrogens (tertiary/aromatic N) is 1. The minimum Gasteiger partial charge on any atom is -0.457 e. The van der Waals surface area contributed by atoms with E-state index in [0.29, 0.717) is 11.1 Å². The van der Waals surface area contributed by atoms with Crippen LogP contribution >= 0.6 is 0 Å². The number of likely N-dealkylation sites (tertiary alicyclic amines) is 1. The van der Waals surface area contributed by atoms with Crippen molar-refractivity contribution in [3.05, 3.63) is 94.5 Å². The lowest BCUT2D eigenvalue weighted by Gasteiger charge is -2.15. The number of esters is 1. The normalized spacial score (nSPS) is 13.5. The molecule has 0 radical (unpaired) electrons. The number of sulfonamides is 1. The number of amides is 1. The molecule has 3 aromatic rings. The van der Waals surface area contributed by atoms with Crippen LogP contribution < -0.4 is 4.72 Å². The van der Waals surface area contributed by atoms with E-state index in [1.54, 1.807) is 55.5 Å². The van der Waals surface area contributed by atoms with Gasteiger partial charge in [-0.1, -0.05) is 36.4 Å². The molecular weight excluding hydrogens is 464 g/mol. The Kier molecular flexibility index (Phi) is 7.21. The first kappa shape index (κ1) is 24.5. The molecule has 1 aliphatic rings. The van der Waals surface area contributed by atoms with Gasteiger partial charge in [0.05, 0.1) is 16.1 Å². The minimum absolute atomic E-state index is 0.00487. The standard InChI is InChI=1S/C27H28N2O5S/c1-19-9-10-20(2)25(17-19)35(32,33)28-24-8-4-3-7-23(24)27(31)34-18-21-11-13-22(14-12-21)26(30)29-15-5-6-16-29/h3-4,7-14,17,28H,5-6,15-16,18H2,1-2H3. The van der Waals surface area contributed by atoms with Crippen molar-refractivity contribution in [2.75, 3.05) is 17.8 Å². The Bertz CT molecular complexity index is 1340. The van der Waals surface area contributed by atoms with Crippen LogP contribution in [0.1, 0.15) is 50.2 Å². The average Bonchev–Trinajstić information content (AvgIpc) is 3.39. The van der Waals surface area contributed by atoms with Crippen LogP contribution in [0.15, 0.2) is 71.6 Å². The maximum Gasteiger partial charge on any atom is 0.340 e. The van der Waals surface area contributed by atoms with Crippen LogP contribution in [-0.2, 0) is 21.4 Å². The molecule has 0 atom stereocenters. The molecule has 0 bridgehead atoms. The van der Waals surface area contributed by atoms with Gasteiger partial charge in [-0.05, 0) is 73.7 Å². The minimum atomic E-state index is -3.90. The Labute approximate surface area is 205 Å². The summed E-state index contributed by atoms with van der Waals surface area (Å²) in [5, 5.41) is 0. The summed E-state index contributed by atoms with van der Waals surface area (Å²) in [5.74, 6) is -0.641. The van der Waals surface area contributed by atoms with Crippen LogP contribution in [0.2, 0.25) is 0 Å². The number of hydrogen-bond acceptors (Lipinski definition) is 5. The Morgan fingerprint density at radius 2 is 1.63 bits per heavy atom. The predicted octanol–water partition coefficient (Wildman–Crippen LogP) is 4.70. The van der Waals surface area contributed by atoms with Crippen LogP contribution in [0, 0.1) is 13.8 Å². The highest BCUT2D eigenvalue weighted by Crippen LogP contribution is 2.24. The maximum atomic E-state index is 13.0. The van der Waals surface area contributed by atoms with E-state index < -0.39 is 16.0 Å². The second-order valence-corrected chi connectivity index (χ2v) is 10.3. The van der Waals surface area contributed by atoms with Gasteiger partial charge in [-0.2, -0.15) is 0 Å². The summed E-state index contributed by atoms with van der Waals surface area (Å²) in [4.78, 5) is 27.3. The van der Waals surface area contributed by atoms with Crippen LogP contribution in [0.25, 0.3) is 0 Å². The molecule has 35 heavy (non-hydrogen) atoms. The lowest BCUT2D eigenvalue weighted by atomic mass is 10.1. The van der Waals surface area contributed by atoms with E-state index in [9.17, 15) is 18.0 Å². The largest absolute Gasteiger partial charge is 0.457 e. The van der Waals surface area contributed by atoms with E-state index in [1.165, 1.54) is 12.1 Å². The molecule has 7 nitrogen and oxygen atoms in total. The fraction of sp³-hybridized carbons (Fsp3) is 0.259. The molecule has 0 aliphatic carbocycles. The number of ether oxygens (including phenoxy) is 1. The van der Waals surface area contributed by atoms with Crippen LogP contribution in [0.4, 0.5) is 5.69 Å². The fourth-order valence-corrected chi connectivity index (χ4v) is 5.43. The number of aryl methyl sites for hydroxylation is 2. The van der Waals surface area contributed by atoms with Gasteiger partial charge in [0.2, 0.25) is 0 Å². The van der Waals surface area contributed by atoms with Gasteiger partial charge in [0.15, 0.2) is 0 Å². The first-order chi connectivity index (χ1) is 16.7. The highest BCUT2D eigenvalue weighted by molar-refractivity contribution is 7.92. The van der Waals surface area contributed by atoms with Crippen LogP contribution in [-0.4, -0.2) is 38.3 Å². The van der Waals surface area contributed by atoms with Crippen molar-refractivity contribution in [2.24, 2.45) is 0 Å². The maximum absolute atomic E-state index is 13.0. The molecule has 1 fully saturated rings. The zero-order valence-corrected chi connectivity index (χ0v) is 20.6. The molecule has 4 rings (SSSR count). The number of para-hydroxylation sites is 1. The lowest BCUT2D eigenvalue weighted by molar-refractivity contribution is 0.0473. The van der Waals surface area contributed by atoms with Crippen molar-refractivity contribution in [2.45, 2.75) is 38.2 Å². The second-order valence-electron chi connectivity index (χ2n) is 8.69. The second kappa shape index (κ2) is 10.3. The highest BCUT2D eigenvalue weighted by atomic mass is 32.2. The number of carbonyl (C=O) groups is 2. The van der Waals surface area contributed by atoms with E-state index in [2.05, 4.69) is 4.72 Å². The Hall–Kier alpha value is -3.65. The molecule has 3 aromatic carbocycles. The van der Waals surface area contributed by atoms with Gasteiger partial charge in [-0.25, -0.2) is 13.2 Å². The van der Waals surface area contributed by atoms with Crippen LogP contribution in [0.5, 0.6) is 0 Å². The number of carbonyl (C=O) groups excluding carboxylic acids is 2. The van der Waals surface area contributed by atoms with Crippen LogP contribution in [0.3, 0.4) is 0 Å². The summed E-state index contributed by atoms with van der Waals surface area (Å²) in [5.41, 5.74) is 3.01. The van der Waals surface area contributed by atoms with E-state index in [-0.39, 0.29) is 28.7 Å². The van der Waals surface area contributed by atoms with Crippen molar-refractivity contribution in [3.8, 4) is 0 Å². The summed E-state index contributed by atoms with van der Waals surface area (Å²) in [7, 11) is -3.90. The smallest absolute Gasteiger partial charge is 0.340 e. The number of benzene rings is 3. The average molecular weight is 493 g/mol. The fourth-order valence-electron chi connectivity index (χ4n) is 4.02. The summed E-state index contributed by atoms with van der Waals surface area (Å²) in [6, 6.07) is 18.5. The number of hydrogen-bond donors (Lipinski definition) is 1. The zero-order chi connectivity index (χ0) is 25.0. The molecule has 1 aliphatic heterocycles. The monoisotopic (exact) mass is 492 g/mol. The summed E-state index contributed by atoms with van der Waals surface area (Å²) in [6.07, 6.45) is 2.06. The third-order valence-corrected chi connectivity index (χ3v) is 7.50. The van der Waals surface area contributed by atoms with Crippen molar-refractivity contribution >= 4 is 27.6 Å². The molecule has 0 aromatic heterocycles. The molecule has 1 N–H and O–H groups in total. The molecule has 0 spiro atoms. The van der Waals surface area contributed by atoms with E-state index >= 15 is 0 Å². The SMILES string of the molecule is Cc1ccc(C)c(S(=O)(=O)Nc2ccccc2C(=O)OCc2ccc(C(=O)N3CCCC3)cc2)c1. The van der Waals surface area contributed by atoms with Gasteiger partial charge in [-0.15, -0.1) is 0 Å². The predicted molar refractivity (Wildman–Crippen MR) is 134 cm³/mol. The Morgan fingerprint density at radius 3 is 2.34 bits per heavy atom. The lowest BCUT2D eigenvalue weighted by Crippen LogP contribution is -2.27. The van der Waals surface area contributed by atoms with Gasteiger partial charge in [0.25, 0.3) is 15.9 Å². The molecule has 0 unspecified atom stereocenters. The van der Waals surface area contributed by atoms with Crippen molar-refractivity contribution in [1.29, 1.82) is 0 Å². The van der Waals surface area contributed by atoms with Gasteiger partial charge in [0, 0.05) is 18.7 Å². The topological polar surface area (TPSA) is 92.8 Å². The summed E-state index contributed by atoms with van der Waals surface area (Å²) >= 11 is 0. The Morgan fingerprint density at radius 1 is 0.943 bits per heavy atom. The molecule has 182 valence electrons. The molecule has 0 saturated carbocycles. The zero-order valence-electron chi connectivity index (χ0n) is 19.8. The summed E-state index contributed by atoms with van der Waals surface area (Å²) < 4.78 is 34.0. The first-order valence-electron chi connectivity index (χ1n) is 11.5. The third kappa shape index (κ3) is 5.71. The highest BCUT2D eigenvalue weighted by Gasteiger charge is 2.22. The van der Waals surface area contributed by atoms with E-state index in [1.807, 2.05) is 17.9 Å². The van der Waals surface area contributed by atoms with Gasteiger partial charge < -0.3 is 9.64 Å². The third-order valence-electron chi connectivity index (χ3n) is 5.99. The quantitative estimate of drug-likeness (QED) is 0.483. The van der Waals surface area contributed by atoms with Gasteiger partial charge >= 0.3 is 5.97 Å². The molecule has 1 amide bonds. The van der Waals surface area contributed by atoms with E-state index in [4.69, 9.17) is 4.74 Å². The number of rotatable bonds is 7. The molecule has 1 heterocycles. The first-order valence-corrected chi connectivity index (χ1v) is 13.0. The van der Waals surface area contributed by atoms with Crippen molar-refractivity contribution < 1.29 is 22.7 Å². The van der Waals surface area contributed by atoms with Gasteiger partial charge in [-0.3, -0.25) is 9.52 Å². The van der Waals surface area contributed by atoms with Gasteiger partial charge in [0.1, 0.15) is 6.61 Å². The number of anilines is 1. The number of nitrogens with one attached hydrogen (secondary N) is 1. The molecular formula is C27H28N2O5S.